The van der Waals surface area contributed by atoms with Crippen molar-refractivity contribution in [3.8, 4) is 0 Å². The lowest BCUT2D eigenvalue weighted by molar-refractivity contribution is 0.420. The van der Waals surface area contributed by atoms with E-state index in [-0.39, 0.29) is 0 Å². The van der Waals surface area contributed by atoms with E-state index < -0.39 is 0 Å². The van der Waals surface area contributed by atoms with Crippen molar-refractivity contribution >= 4 is 0 Å². The topological polar surface area (TPSA) is 0 Å². The highest BCUT2D eigenvalue weighted by atomic mass is 14.2. The molecule has 1 aliphatic rings. The average Bonchev–Trinajstić information content (AvgIpc) is 2.21. The largest absolute Gasteiger partial charge is 0.0738 e. The fraction of sp³-hybridized carbons (Fsp3) is 0.857. The Hall–Kier alpha value is -0.260. The fourth-order valence-electron chi connectivity index (χ4n) is 2.25. The molecule has 0 fully saturated rings. The lowest BCUT2D eigenvalue weighted by Crippen LogP contribution is -2.12. The van der Waals surface area contributed by atoms with Gasteiger partial charge in [0.05, 0.1) is 0 Å². The molecule has 0 nitrogen and oxygen atoms in total. The summed E-state index contributed by atoms with van der Waals surface area (Å²) in [6, 6.07) is 0. The molecule has 0 aromatic heterocycles. The minimum Gasteiger partial charge on any atom is -0.0738 e. The van der Waals surface area contributed by atoms with Crippen LogP contribution in [-0.2, 0) is 0 Å². The molecule has 0 N–H and O–H groups in total. The van der Waals surface area contributed by atoms with Crippen LogP contribution in [0.4, 0.5) is 0 Å². The predicted molar refractivity (Wildman–Crippen MR) is 66.5 cm³/mol. The molecule has 0 radical (unpaired) electrons. The molecule has 0 aromatic rings. The first-order valence-electron chi connectivity index (χ1n) is 6.33. The highest BCUT2D eigenvalue weighted by Crippen LogP contribution is 2.34. The highest BCUT2D eigenvalue weighted by molar-refractivity contribution is 5.17. The minimum absolute atomic E-state index is 0.777. The third-order valence-corrected chi connectivity index (χ3v) is 3.26. The van der Waals surface area contributed by atoms with Crippen LogP contribution in [0.3, 0.4) is 0 Å². The first-order valence-corrected chi connectivity index (χ1v) is 6.33. The van der Waals surface area contributed by atoms with Gasteiger partial charge in [-0.15, -0.1) is 0 Å². The Morgan fingerprint density at radius 1 is 1.29 bits per heavy atom. The number of hydrogen-bond acceptors (Lipinski definition) is 0. The van der Waals surface area contributed by atoms with E-state index in [4.69, 9.17) is 0 Å². The van der Waals surface area contributed by atoms with Crippen LogP contribution in [0.25, 0.3) is 0 Å². The maximum Gasteiger partial charge on any atom is -0.0257 e. The summed E-state index contributed by atoms with van der Waals surface area (Å²) in [5, 5.41) is 0. The van der Waals surface area contributed by atoms with Crippen molar-refractivity contribution in [2.24, 2.45) is 11.8 Å². The van der Waals surface area contributed by atoms with Gasteiger partial charge < -0.3 is 0 Å². The van der Waals surface area contributed by atoms with Gasteiger partial charge in [0.15, 0.2) is 0 Å². The Morgan fingerprint density at radius 2 is 1.86 bits per heavy atom. The number of allylic oxidation sites excluding steroid dienone is 2. The van der Waals surface area contributed by atoms with Gasteiger partial charge in [-0.25, -0.2) is 0 Å². The van der Waals surface area contributed by atoms with Crippen molar-refractivity contribution < 1.29 is 0 Å². The summed E-state index contributed by atoms with van der Waals surface area (Å²) >= 11 is 0. The molecule has 0 aliphatic heterocycles. The van der Waals surface area contributed by atoms with Gasteiger partial charge in [0, 0.05) is 0 Å². The second kappa shape index (κ2) is 7.09. The summed E-state index contributed by atoms with van der Waals surface area (Å²) < 4.78 is 0. The summed E-state index contributed by atoms with van der Waals surface area (Å²) in [7, 11) is 0. The quantitative estimate of drug-likeness (QED) is 0.533. The molecule has 84 valence electrons. The standard InChI is InChI=1S/C12H22.C2H6/c1-5-11-7-6-10(4)12(8-11)9(2)3;1-2/h9,11H,5-8H2,1-4H3;1-2H3. The van der Waals surface area contributed by atoms with Gasteiger partial charge in [-0.05, 0) is 38.0 Å². The predicted octanol–water partition coefficient (Wildman–Crippen LogP) is 5.20. The van der Waals surface area contributed by atoms with Crippen molar-refractivity contribution in [2.45, 2.75) is 67.2 Å². The molecule has 0 amide bonds. The van der Waals surface area contributed by atoms with E-state index in [1.54, 1.807) is 11.1 Å². The van der Waals surface area contributed by atoms with Crippen LogP contribution in [0.15, 0.2) is 11.1 Å². The minimum atomic E-state index is 0.777. The van der Waals surface area contributed by atoms with Crippen molar-refractivity contribution in [1.29, 1.82) is 0 Å². The monoisotopic (exact) mass is 196 g/mol. The molecule has 1 rings (SSSR count). The number of hydrogen-bond donors (Lipinski definition) is 0. The Bertz CT molecular complexity index is 174. The smallest absolute Gasteiger partial charge is 0.0257 e. The zero-order valence-corrected chi connectivity index (χ0v) is 11.0. The van der Waals surface area contributed by atoms with Crippen molar-refractivity contribution in [1.82, 2.24) is 0 Å². The zero-order valence-electron chi connectivity index (χ0n) is 11.0. The van der Waals surface area contributed by atoms with E-state index in [0.717, 1.165) is 11.8 Å². The summed E-state index contributed by atoms with van der Waals surface area (Å²) in [6.07, 6.45) is 5.52. The van der Waals surface area contributed by atoms with Gasteiger partial charge in [0.1, 0.15) is 0 Å². The molecule has 1 atom stereocenters. The van der Waals surface area contributed by atoms with E-state index in [9.17, 15) is 0 Å². The molecule has 0 spiro atoms. The van der Waals surface area contributed by atoms with Crippen LogP contribution in [0.5, 0.6) is 0 Å². The summed E-state index contributed by atoms with van der Waals surface area (Å²) in [5.74, 6) is 1.76. The summed E-state index contributed by atoms with van der Waals surface area (Å²) in [4.78, 5) is 0. The van der Waals surface area contributed by atoms with E-state index in [2.05, 4.69) is 27.7 Å². The van der Waals surface area contributed by atoms with Crippen LogP contribution in [0.1, 0.15) is 67.2 Å². The lowest BCUT2D eigenvalue weighted by Gasteiger charge is -2.27. The fourth-order valence-corrected chi connectivity index (χ4v) is 2.25. The number of rotatable bonds is 2. The van der Waals surface area contributed by atoms with Gasteiger partial charge in [-0.3, -0.25) is 0 Å². The Kier molecular flexibility index (Phi) is 6.96. The lowest BCUT2D eigenvalue weighted by atomic mass is 9.79. The SMILES string of the molecule is CC.CCC1CCC(C)=C(C(C)C)C1. The van der Waals surface area contributed by atoms with E-state index in [1.807, 2.05) is 13.8 Å². The molecular formula is C14H28. The van der Waals surface area contributed by atoms with Gasteiger partial charge in [-0.1, -0.05) is 52.2 Å². The van der Waals surface area contributed by atoms with E-state index in [0.29, 0.717) is 0 Å². The highest BCUT2D eigenvalue weighted by Gasteiger charge is 2.18. The Morgan fingerprint density at radius 3 is 2.29 bits per heavy atom. The van der Waals surface area contributed by atoms with Gasteiger partial charge in [-0.2, -0.15) is 0 Å². The van der Waals surface area contributed by atoms with Crippen molar-refractivity contribution in [3.05, 3.63) is 11.1 Å². The van der Waals surface area contributed by atoms with E-state index in [1.165, 1.54) is 25.7 Å². The van der Waals surface area contributed by atoms with Crippen LogP contribution in [0.2, 0.25) is 0 Å². The summed E-state index contributed by atoms with van der Waals surface area (Å²) in [5.41, 5.74) is 3.42. The van der Waals surface area contributed by atoms with Crippen LogP contribution in [0, 0.1) is 11.8 Å². The normalized spacial score (nSPS) is 22.1. The van der Waals surface area contributed by atoms with Crippen molar-refractivity contribution in [3.63, 3.8) is 0 Å². The van der Waals surface area contributed by atoms with Crippen LogP contribution >= 0.6 is 0 Å². The van der Waals surface area contributed by atoms with E-state index >= 15 is 0 Å². The molecule has 0 heterocycles. The second-order valence-electron chi connectivity index (χ2n) is 4.48. The molecule has 0 heteroatoms. The Balaban J connectivity index is 0.000000791. The zero-order chi connectivity index (χ0) is 11.1. The Labute approximate surface area is 90.8 Å². The summed E-state index contributed by atoms with van der Waals surface area (Å²) in [6.45, 7) is 13.3. The first-order chi connectivity index (χ1) is 6.65. The third kappa shape index (κ3) is 3.86. The second-order valence-corrected chi connectivity index (χ2v) is 4.48. The first kappa shape index (κ1) is 13.7. The van der Waals surface area contributed by atoms with Crippen molar-refractivity contribution in [2.75, 3.05) is 0 Å². The van der Waals surface area contributed by atoms with Gasteiger partial charge in [0.2, 0.25) is 0 Å². The molecule has 1 aliphatic carbocycles. The molecule has 0 bridgehead atoms. The third-order valence-electron chi connectivity index (χ3n) is 3.26. The maximum atomic E-state index is 2.33. The van der Waals surface area contributed by atoms with Crippen LogP contribution in [-0.4, -0.2) is 0 Å². The molecule has 0 saturated heterocycles. The molecule has 1 unspecified atom stereocenters. The average molecular weight is 196 g/mol. The maximum absolute atomic E-state index is 2.33. The molecule has 0 aromatic carbocycles. The van der Waals surface area contributed by atoms with Crippen LogP contribution < -0.4 is 0 Å². The molecule has 0 saturated carbocycles. The van der Waals surface area contributed by atoms with Gasteiger partial charge >= 0.3 is 0 Å². The molecule has 14 heavy (non-hydrogen) atoms. The molecular weight excluding hydrogens is 168 g/mol. The van der Waals surface area contributed by atoms with Gasteiger partial charge in [0.25, 0.3) is 0 Å².